The molecule has 0 amide bonds. The Bertz CT molecular complexity index is 150. The average Bonchev–Trinajstić information content (AvgIpc) is 2.03. The molecule has 78 valence electrons. The first kappa shape index (κ1) is 12.8. The zero-order valence-corrected chi connectivity index (χ0v) is 8.59. The second-order valence-electron chi connectivity index (χ2n) is 2.96. The quantitative estimate of drug-likeness (QED) is 0.520. The molecule has 1 rings (SSSR count). The number of aliphatic hydroxyl groups is 2. The predicted octanol–water partition coefficient (Wildman–Crippen LogP) is -0.189. The van der Waals surface area contributed by atoms with Crippen LogP contribution in [0.4, 0.5) is 0 Å². The summed E-state index contributed by atoms with van der Waals surface area (Å²) in [7, 11) is 0. The molecule has 0 bridgehead atoms. The van der Waals surface area contributed by atoms with Crippen LogP contribution in [0.3, 0.4) is 0 Å². The minimum atomic E-state index is -0.268. The molecule has 0 radical (unpaired) electrons. The Morgan fingerprint density at radius 2 is 2.23 bits per heavy atom. The van der Waals surface area contributed by atoms with Gasteiger partial charge in [0.2, 0.25) is 0 Å². The summed E-state index contributed by atoms with van der Waals surface area (Å²) < 4.78 is 5.09. The molecule has 1 fully saturated rings. The molecule has 0 spiro atoms. The molecular weight excluding hydrogens is 190 g/mol. The van der Waals surface area contributed by atoms with Crippen molar-refractivity contribution in [3.63, 3.8) is 0 Å². The number of ether oxygens (including phenoxy) is 1. The summed E-state index contributed by atoms with van der Waals surface area (Å²) >= 11 is 4.31. The van der Waals surface area contributed by atoms with Gasteiger partial charge in [-0.1, -0.05) is 12.2 Å². The molecule has 0 aromatic rings. The Morgan fingerprint density at radius 1 is 1.69 bits per heavy atom. The molecular formula is C8H17NO3S. The zero-order chi connectivity index (χ0) is 10.3. The Morgan fingerprint density at radius 3 is 2.54 bits per heavy atom. The SMILES string of the molecule is CC(N)=S.OCC1CC(O)CCO1. The van der Waals surface area contributed by atoms with E-state index in [4.69, 9.17) is 20.7 Å². The Balaban J connectivity index is 0.000000310. The maximum Gasteiger partial charge on any atom is 0.0830 e. The molecule has 0 aromatic heterocycles. The molecule has 0 aliphatic carbocycles. The minimum Gasteiger partial charge on any atom is -0.394 e. The lowest BCUT2D eigenvalue weighted by atomic mass is 10.1. The van der Waals surface area contributed by atoms with Crippen LogP contribution in [0, 0.1) is 0 Å². The highest BCUT2D eigenvalue weighted by Crippen LogP contribution is 2.12. The van der Waals surface area contributed by atoms with Gasteiger partial charge in [0.05, 0.1) is 23.8 Å². The fourth-order valence-electron chi connectivity index (χ4n) is 0.987. The van der Waals surface area contributed by atoms with Crippen molar-refractivity contribution in [2.75, 3.05) is 13.2 Å². The monoisotopic (exact) mass is 207 g/mol. The Kier molecular flexibility index (Phi) is 7.07. The Hall–Kier alpha value is -0.230. The minimum absolute atomic E-state index is 0.0249. The van der Waals surface area contributed by atoms with Crippen molar-refractivity contribution in [2.45, 2.75) is 32.0 Å². The summed E-state index contributed by atoms with van der Waals surface area (Å²) in [5.74, 6) is 0. The van der Waals surface area contributed by atoms with Gasteiger partial charge in [0.1, 0.15) is 0 Å². The van der Waals surface area contributed by atoms with E-state index in [0.717, 1.165) is 0 Å². The lowest BCUT2D eigenvalue weighted by Gasteiger charge is -2.24. The predicted molar refractivity (Wildman–Crippen MR) is 54.5 cm³/mol. The third-order valence-corrected chi connectivity index (χ3v) is 1.54. The van der Waals surface area contributed by atoms with Crippen LogP contribution in [0.25, 0.3) is 0 Å². The zero-order valence-electron chi connectivity index (χ0n) is 7.77. The second-order valence-corrected chi connectivity index (χ2v) is 3.61. The first-order chi connectivity index (χ1) is 6.06. The molecule has 4 nitrogen and oxygen atoms in total. The lowest BCUT2D eigenvalue weighted by Crippen LogP contribution is -2.31. The van der Waals surface area contributed by atoms with Crippen LogP contribution in [0.5, 0.6) is 0 Å². The summed E-state index contributed by atoms with van der Waals surface area (Å²) in [4.78, 5) is 0.500. The molecule has 1 aliphatic rings. The molecule has 5 heteroatoms. The summed E-state index contributed by atoms with van der Waals surface area (Å²) in [6.07, 6.45) is 0.886. The molecule has 2 unspecified atom stereocenters. The van der Waals surface area contributed by atoms with Gasteiger partial charge in [-0.25, -0.2) is 0 Å². The van der Waals surface area contributed by atoms with Gasteiger partial charge in [-0.15, -0.1) is 0 Å². The van der Waals surface area contributed by atoms with Gasteiger partial charge in [-0.2, -0.15) is 0 Å². The van der Waals surface area contributed by atoms with Crippen LogP contribution in [-0.4, -0.2) is 40.6 Å². The van der Waals surface area contributed by atoms with Crippen LogP contribution < -0.4 is 5.73 Å². The second kappa shape index (κ2) is 7.20. The highest BCUT2D eigenvalue weighted by atomic mass is 32.1. The van der Waals surface area contributed by atoms with Crippen molar-refractivity contribution < 1.29 is 14.9 Å². The normalized spacial score (nSPS) is 27.3. The van der Waals surface area contributed by atoms with E-state index in [2.05, 4.69) is 12.2 Å². The molecule has 2 atom stereocenters. The summed E-state index contributed by atoms with van der Waals surface area (Å²) in [5, 5.41) is 17.6. The smallest absolute Gasteiger partial charge is 0.0830 e. The topological polar surface area (TPSA) is 75.7 Å². The first-order valence-corrected chi connectivity index (χ1v) is 4.63. The maximum absolute atomic E-state index is 9.02. The fourth-order valence-corrected chi connectivity index (χ4v) is 0.987. The van der Waals surface area contributed by atoms with Gasteiger partial charge in [-0.3, -0.25) is 0 Å². The molecule has 1 heterocycles. The average molecular weight is 207 g/mol. The maximum atomic E-state index is 9.02. The molecule has 4 N–H and O–H groups in total. The fraction of sp³-hybridized carbons (Fsp3) is 0.875. The van der Waals surface area contributed by atoms with E-state index >= 15 is 0 Å². The van der Waals surface area contributed by atoms with Gasteiger partial charge in [0.15, 0.2) is 0 Å². The third-order valence-electron chi connectivity index (χ3n) is 1.54. The van der Waals surface area contributed by atoms with Crippen molar-refractivity contribution in [3.8, 4) is 0 Å². The van der Waals surface area contributed by atoms with Crippen LogP contribution in [0.2, 0.25) is 0 Å². The van der Waals surface area contributed by atoms with Crippen LogP contribution in [-0.2, 0) is 4.74 Å². The highest BCUT2D eigenvalue weighted by Gasteiger charge is 2.19. The van der Waals surface area contributed by atoms with Gasteiger partial charge in [0.25, 0.3) is 0 Å². The molecule has 1 aliphatic heterocycles. The number of aliphatic hydroxyl groups excluding tert-OH is 2. The summed E-state index contributed by atoms with van der Waals surface area (Å²) in [6, 6.07) is 0. The van der Waals surface area contributed by atoms with Crippen LogP contribution in [0.1, 0.15) is 19.8 Å². The molecule has 0 aromatic carbocycles. The number of hydrogen-bond donors (Lipinski definition) is 3. The standard InChI is InChI=1S/C6H12O3.C2H5NS/c7-4-6-3-5(8)1-2-9-6;1-2(3)4/h5-8H,1-4H2;1H3,(H2,3,4). The van der Waals surface area contributed by atoms with Crippen molar-refractivity contribution in [1.29, 1.82) is 0 Å². The van der Waals surface area contributed by atoms with E-state index < -0.39 is 0 Å². The Labute approximate surface area is 83.7 Å². The van der Waals surface area contributed by atoms with Crippen molar-refractivity contribution in [1.82, 2.24) is 0 Å². The van der Waals surface area contributed by atoms with Gasteiger partial charge < -0.3 is 20.7 Å². The van der Waals surface area contributed by atoms with E-state index in [1.54, 1.807) is 6.92 Å². The summed E-state index contributed by atoms with van der Waals surface area (Å²) in [5.41, 5.74) is 4.84. The number of hydrogen-bond acceptors (Lipinski definition) is 4. The molecule has 13 heavy (non-hydrogen) atoms. The van der Waals surface area contributed by atoms with E-state index in [0.29, 0.717) is 24.4 Å². The summed E-state index contributed by atoms with van der Waals surface area (Å²) in [6.45, 7) is 2.28. The van der Waals surface area contributed by atoms with Gasteiger partial charge in [0, 0.05) is 13.0 Å². The number of nitrogens with two attached hydrogens (primary N) is 1. The first-order valence-electron chi connectivity index (χ1n) is 4.22. The van der Waals surface area contributed by atoms with E-state index in [9.17, 15) is 0 Å². The lowest BCUT2D eigenvalue weighted by molar-refractivity contribution is -0.0642. The third kappa shape index (κ3) is 8.11. The van der Waals surface area contributed by atoms with Crippen molar-refractivity contribution >= 4 is 17.2 Å². The highest BCUT2D eigenvalue weighted by molar-refractivity contribution is 7.80. The number of rotatable bonds is 1. The van der Waals surface area contributed by atoms with Crippen LogP contribution in [0.15, 0.2) is 0 Å². The largest absolute Gasteiger partial charge is 0.394 e. The van der Waals surface area contributed by atoms with Crippen LogP contribution >= 0.6 is 12.2 Å². The molecule has 1 saturated heterocycles. The van der Waals surface area contributed by atoms with Gasteiger partial charge >= 0.3 is 0 Å². The van der Waals surface area contributed by atoms with Gasteiger partial charge in [-0.05, 0) is 13.3 Å². The van der Waals surface area contributed by atoms with Crippen molar-refractivity contribution in [2.24, 2.45) is 5.73 Å². The molecule has 0 saturated carbocycles. The van der Waals surface area contributed by atoms with E-state index in [1.165, 1.54) is 0 Å². The number of thiocarbonyl (C=S) groups is 1. The van der Waals surface area contributed by atoms with Crippen molar-refractivity contribution in [3.05, 3.63) is 0 Å². The van der Waals surface area contributed by atoms with E-state index in [-0.39, 0.29) is 18.8 Å². The van der Waals surface area contributed by atoms with E-state index in [1.807, 2.05) is 0 Å².